The standard InChI is InChI=1S/C73H138O6/c1-4-7-10-13-16-19-22-25-28-30-32-33-34-35-36-37-38-39-40-42-43-45-48-51-54-57-60-63-66-72(75)78-69-70(68-77-71(74)65-62-59-56-53-50-47-27-24-21-18-15-12-9-6-3)79-73(76)67-64-61-58-55-52-49-46-44-41-31-29-26-23-20-17-14-11-8-5-2/h24,26-27,29,70H,4-23,25,28,30-69H2,1-3H3/b27-24-,29-26-. The Morgan fingerprint density at radius 3 is 0.633 bits per heavy atom. The molecule has 0 spiro atoms. The van der Waals surface area contributed by atoms with Gasteiger partial charge in [-0.1, -0.05) is 340 Å². The Kier molecular flexibility index (Phi) is 66.6. The summed E-state index contributed by atoms with van der Waals surface area (Å²) in [7, 11) is 0. The van der Waals surface area contributed by atoms with Crippen LogP contribution in [0.5, 0.6) is 0 Å². The van der Waals surface area contributed by atoms with Crippen LogP contribution in [0.25, 0.3) is 0 Å². The molecule has 0 amide bonds. The smallest absolute Gasteiger partial charge is 0.306 e. The Morgan fingerprint density at radius 2 is 0.418 bits per heavy atom. The predicted molar refractivity (Wildman–Crippen MR) is 344 cm³/mol. The molecule has 466 valence electrons. The van der Waals surface area contributed by atoms with E-state index in [2.05, 4.69) is 45.1 Å². The molecule has 0 aliphatic rings. The lowest BCUT2D eigenvalue weighted by atomic mass is 10.0. The van der Waals surface area contributed by atoms with Gasteiger partial charge in [-0.3, -0.25) is 14.4 Å². The van der Waals surface area contributed by atoms with Gasteiger partial charge < -0.3 is 14.2 Å². The van der Waals surface area contributed by atoms with Crippen LogP contribution < -0.4 is 0 Å². The summed E-state index contributed by atoms with van der Waals surface area (Å²) in [5, 5.41) is 0. The maximum absolute atomic E-state index is 12.9. The van der Waals surface area contributed by atoms with Crippen molar-refractivity contribution in [3.05, 3.63) is 24.3 Å². The number of carbonyl (C=O) groups excluding carboxylic acids is 3. The molecule has 0 bridgehead atoms. The molecule has 0 aromatic rings. The summed E-state index contributed by atoms with van der Waals surface area (Å²) in [6, 6.07) is 0. The fourth-order valence-electron chi connectivity index (χ4n) is 11.0. The van der Waals surface area contributed by atoms with Crippen LogP contribution in [0, 0.1) is 0 Å². The highest BCUT2D eigenvalue weighted by Gasteiger charge is 2.19. The van der Waals surface area contributed by atoms with Gasteiger partial charge in [0.15, 0.2) is 6.10 Å². The molecule has 0 rings (SSSR count). The molecule has 0 aromatic carbocycles. The van der Waals surface area contributed by atoms with Crippen LogP contribution in [-0.2, 0) is 28.6 Å². The second-order valence-corrected chi connectivity index (χ2v) is 24.5. The summed E-state index contributed by atoms with van der Waals surface area (Å²) in [6.45, 7) is 6.70. The highest BCUT2D eigenvalue weighted by Crippen LogP contribution is 2.19. The lowest BCUT2D eigenvalue weighted by Gasteiger charge is -2.18. The van der Waals surface area contributed by atoms with E-state index >= 15 is 0 Å². The van der Waals surface area contributed by atoms with Crippen LogP contribution in [0.3, 0.4) is 0 Å². The van der Waals surface area contributed by atoms with E-state index in [1.807, 2.05) is 0 Å². The van der Waals surface area contributed by atoms with Gasteiger partial charge in [0.05, 0.1) is 0 Å². The number of rotatable bonds is 67. The topological polar surface area (TPSA) is 78.9 Å². The minimum atomic E-state index is -0.774. The van der Waals surface area contributed by atoms with E-state index in [9.17, 15) is 14.4 Å². The van der Waals surface area contributed by atoms with E-state index in [-0.39, 0.29) is 31.1 Å². The summed E-state index contributed by atoms with van der Waals surface area (Å²) < 4.78 is 17.0. The van der Waals surface area contributed by atoms with Gasteiger partial charge in [-0.2, -0.15) is 0 Å². The fourth-order valence-corrected chi connectivity index (χ4v) is 11.0. The molecular formula is C73H138O6. The van der Waals surface area contributed by atoms with Gasteiger partial charge in [-0.15, -0.1) is 0 Å². The fraction of sp³-hybridized carbons (Fsp3) is 0.904. The zero-order valence-corrected chi connectivity index (χ0v) is 53.7. The van der Waals surface area contributed by atoms with Crippen LogP contribution in [0.15, 0.2) is 24.3 Å². The number of unbranched alkanes of at least 4 members (excludes halogenated alkanes) is 52. The van der Waals surface area contributed by atoms with Crippen molar-refractivity contribution in [2.45, 2.75) is 412 Å². The molecular weight excluding hydrogens is 973 g/mol. The molecule has 1 atom stereocenters. The van der Waals surface area contributed by atoms with E-state index in [0.717, 1.165) is 64.2 Å². The molecule has 6 nitrogen and oxygen atoms in total. The molecule has 0 heterocycles. The van der Waals surface area contributed by atoms with Crippen molar-refractivity contribution in [3.8, 4) is 0 Å². The predicted octanol–water partition coefficient (Wildman–Crippen LogP) is 24.6. The third-order valence-electron chi connectivity index (χ3n) is 16.4. The summed E-state index contributed by atoms with van der Waals surface area (Å²) in [5.74, 6) is -0.850. The Hall–Kier alpha value is -2.11. The lowest BCUT2D eigenvalue weighted by molar-refractivity contribution is -0.167. The Balaban J connectivity index is 4.19. The van der Waals surface area contributed by atoms with E-state index in [1.54, 1.807) is 0 Å². The number of hydrogen-bond donors (Lipinski definition) is 0. The number of esters is 3. The van der Waals surface area contributed by atoms with Crippen LogP contribution in [0.1, 0.15) is 406 Å². The molecule has 0 saturated heterocycles. The first kappa shape index (κ1) is 76.9. The van der Waals surface area contributed by atoms with Crippen LogP contribution in [0.4, 0.5) is 0 Å². The van der Waals surface area contributed by atoms with Crippen molar-refractivity contribution in [1.82, 2.24) is 0 Å². The maximum atomic E-state index is 12.9. The Bertz CT molecular complexity index is 1270. The van der Waals surface area contributed by atoms with Gasteiger partial charge in [0, 0.05) is 19.3 Å². The number of allylic oxidation sites excluding steroid dienone is 4. The van der Waals surface area contributed by atoms with Crippen LogP contribution in [0.2, 0.25) is 0 Å². The minimum Gasteiger partial charge on any atom is -0.462 e. The normalized spacial score (nSPS) is 12.1. The van der Waals surface area contributed by atoms with Gasteiger partial charge >= 0.3 is 17.9 Å². The average Bonchev–Trinajstić information content (AvgIpc) is 3.45. The summed E-state index contributed by atoms with van der Waals surface area (Å²) in [6.07, 6.45) is 83.6. The SMILES string of the molecule is CCCCCCC/C=C\CCCCCCCC(=O)OCC(COC(=O)CCCCCCCCCCCCCCCCCCCCCCCCCCCCCC)OC(=O)CCCCCCCCCCC/C=C\CCCCCCCC. The zero-order valence-electron chi connectivity index (χ0n) is 53.7. The second kappa shape index (κ2) is 68.4. The molecule has 0 radical (unpaired) electrons. The maximum Gasteiger partial charge on any atom is 0.306 e. The quantitative estimate of drug-likeness (QED) is 0.0261. The molecule has 6 heteroatoms. The first-order valence-electron chi connectivity index (χ1n) is 35.8. The summed E-state index contributed by atoms with van der Waals surface area (Å²) >= 11 is 0. The van der Waals surface area contributed by atoms with Crippen LogP contribution >= 0.6 is 0 Å². The molecule has 0 fully saturated rings. The van der Waals surface area contributed by atoms with Gasteiger partial charge in [0.1, 0.15) is 13.2 Å². The van der Waals surface area contributed by atoms with Gasteiger partial charge in [-0.05, 0) is 70.6 Å². The molecule has 0 N–H and O–H groups in total. The Labute approximate surface area is 493 Å². The van der Waals surface area contributed by atoms with Gasteiger partial charge in [-0.25, -0.2) is 0 Å². The van der Waals surface area contributed by atoms with Crippen molar-refractivity contribution in [2.24, 2.45) is 0 Å². The number of carbonyl (C=O) groups is 3. The minimum absolute atomic E-state index is 0.0693. The van der Waals surface area contributed by atoms with Crippen molar-refractivity contribution < 1.29 is 28.6 Å². The molecule has 0 saturated carbocycles. The molecule has 0 aromatic heterocycles. The van der Waals surface area contributed by atoms with E-state index in [1.165, 1.54) is 302 Å². The summed E-state index contributed by atoms with van der Waals surface area (Å²) in [5.41, 5.74) is 0. The molecule has 1 unspecified atom stereocenters. The van der Waals surface area contributed by atoms with Crippen LogP contribution in [-0.4, -0.2) is 37.2 Å². The van der Waals surface area contributed by atoms with E-state index in [0.29, 0.717) is 19.3 Å². The van der Waals surface area contributed by atoms with Crippen molar-refractivity contribution in [2.75, 3.05) is 13.2 Å². The van der Waals surface area contributed by atoms with Gasteiger partial charge in [0.25, 0.3) is 0 Å². The monoisotopic (exact) mass is 1110 g/mol. The highest BCUT2D eigenvalue weighted by atomic mass is 16.6. The molecule has 79 heavy (non-hydrogen) atoms. The second-order valence-electron chi connectivity index (χ2n) is 24.5. The molecule has 0 aliphatic heterocycles. The zero-order chi connectivity index (χ0) is 57.1. The van der Waals surface area contributed by atoms with Crippen molar-refractivity contribution in [3.63, 3.8) is 0 Å². The average molecular weight is 1110 g/mol. The first-order valence-corrected chi connectivity index (χ1v) is 35.8. The van der Waals surface area contributed by atoms with Crippen molar-refractivity contribution >= 4 is 17.9 Å². The van der Waals surface area contributed by atoms with Crippen molar-refractivity contribution in [1.29, 1.82) is 0 Å². The summed E-state index contributed by atoms with van der Waals surface area (Å²) in [4.78, 5) is 38.4. The lowest BCUT2D eigenvalue weighted by Crippen LogP contribution is -2.30. The Morgan fingerprint density at radius 1 is 0.241 bits per heavy atom. The third kappa shape index (κ3) is 66.6. The third-order valence-corrected chi connectivity index (χ3v) is 16.4. The van der Waals surface area contributed by atoms with E-state index in [4.69, 9.17) is 14.2 Å². The number of ether oxygens (including phenoxy) is 3. The first-order chi connectivity index (χ1) is 39.0. The number of hydrogen-bond acceptors (Lipinski definition) is 6. The van der Waals surface area contributed by atoms with E-state index < -0.39 is 6.10 Å². The molecule has 0 aliphatic carbocycles. The highest BCUT2D eigenvalue weighted by molar-refractivity contribution is 5.71. The largest absolute Gasteiger partial charge is 0.462 e. The van der Waals surface area contributed by atoms with Gasteiger partial charge in [0.2, 0.25) is 0 Å².